The molecule has 0 radical (unpaired) electrons. The van der Waals surface area contributed by atoms with Gasteiger partial charge in [-0.15, -0.1) is 11.3 Å². The fourth-order valence-corrected chi connectivity index (χ4v) is 3.02. The summed E-state index contributed by atoms with van der Waals surface area (Å²) in [6.07, 6.45) is 0. The van der Waals surface area contributed by atoms with Crippen molar-refractivity contribution in [1.82, 2.24) is 4.98 Å². The van der Waals surface area contributed by atoms with Crippen molar-refractivity contribution in [1.29, 1.82) is 0 Å². The molecule has 0 aliphatic heterocycles. The second-order valence-corrected chi connectivity index (χ2v) is 5.97. The number of thiazole rings is 1. The number of rotatable bonds is 6. The molecule has 0 saturated carbocycles. The minimum atomic E-state index is -0.948. The van der Waals surface area contributed by atoms with Crippen LogP contribution in [0.3, 0.4) is 0 Å². The predicted molar refractivity (Wildman–Crippen MR) is 97.3 cm³/mol. The van der Waals surface area contributed by atoms with Gasteiger partial charge in [-0.25, -0.2) is 9.78 Å². The Balaban J connectivity index is 1.79. The topological polar surface area (TPSA) is 80.7 Å². The Kier molecular flexibility index (Phi) is 4.85. The van der Waals surface area contributed by atoms with Gasteiger partial charge in [0.1, 0.15) is 0 Å². The second-order valence-electron chi connectivity index (χ2n) is 5.12. The van der Waals surface area contributed by atoms with E-state index in [1.807, 2.05) is 23.6 Å². The lowest BCUT2D eigenvalue weighted by Crippen LogP contribution is -1.96. The Morgan fingerprint density at radius 2 is 1.80 bits per heavy atom. The summed E-state index contributed by atoms with van der Waals surface area (Å²) < 4.78 is 10.6. The van der Waals surface area contributed by atoms with Crippen LogP contribution in [0.4, 0.5) is 10.8 Å². The number of anilines is 2. The second kappa shape index (κ2) is 7.23. The Morgan fingerprint density at radius 1 is 1.08 bits per heavy atom. The number of carbonyl (C=O) groups is 1. The summed E-state index contributed by atoms with van der Waals surface area (Å²) >= 11 is 1.46. The van der Waals surface area contributed by atoms with E-state index in [1.165, 1.54) is 11.3 Å². The van der Waals surface area contributed by atoms with Gasteiger partial charge in [0.25, 0.3) is 0 Å². The monoisotopic (exact) mass is 356 g/mol. The number of hydrogen-bond acceptors (Lipinski definition) is 6. The van der Waals surface area contributed by atoms with E-state index in [9.17, 15) is 4.79 Å². The summed E-state index contributed by atoms with van der Waals surface area (Å²) in [6.45, 7) is 0. The quantitative estimate of drug-likeness (QED) is 0.686. The molecule has 1 heterocycles. The molecule has 0 unspecified atom stereocenters. The van der Waals surface area contributed by atoms with Crippen LogP contribution in [0, 0.1) is 0 Å². The largest absolute Gasteiger partial charge is 0.493 e. The molecule has 0 aliphatic rings. The molecule has 0 bridgehead atoms. The molecule has 0 saturated heterocycles. The Bertz CT molecular complexity index is 890. The zero-order chi connectivity index (χ0) is 17.8. The third-order valence-electron chi connectivity index (χ3n) is 3.57. The maximum Gasteiger partial charge on any atom is 0.335 e. The number of carboxylic acids is 1. The number of aromatic carboxylic acids is 1. The van der Waals surface area contributed by atoms with Gasteiger partial charge < -0.3 is 19.9 Å². The van der Waals surface area contributed by atoms with Gasteiger partial charge in [0.05, 0.1) is 25.5 Å². The molecule has 3 rings (SSSR count). The lowest BCUT2D eigenvalue weighted by atomic mass is 10.1. The molecule has 1 aromatic heterocycles. The molecule has 6 nitrogen and oxygen atoms in total. The first-order chi connectivity index (χ1) is 12.1. The van der Waals surface area contributed by atoms with Crippen molar-refractivity contribution < 1.29 is 19.4 Å². The average molecular weight is 356 g/mol. The summed E-state index contributed by atoms with van der Waals surface area (Å²) in [5.41, 5.74) is 2.76. The summed E-state index contributed by atoms with van der Waals surface area (Å²) in [6, 6.07) is 12.1. The summed E-state index contributed by atoms with van der Waals surface area (Å²) in [4.78, 5) is 15.4. The first-order valence-corrected chi connectivity index (χ1v) is 8.27. The molecular formula is C18H16N2O4S. The van der Waals surface area contributed by atoms with Crippen molar-refractivity contribution in [3.05, 3.63) is 53.4 Å². The van der Waals surface area contributed by atoms with Gasteiger partial charge in [-0.1, -0.05) is 0 Å². The van der Waals surface area contributed by atoms with Crippen LogP contribution < -0.4 is 14.8 Å². The van der Waals surface area contributed by atoms with Crippen molar-refractivity contribution >= 4 is 28.1 Å². The van der Waals surface area contributed by atoms with Crippen molar-refractivity contribution in [2.45, 2.75) is 0 Å². The van der Waals surface area contributed by atoms with Gasteiger partial charge in [0.15, 0.2) is 16.6 Å². The van der Waals surface area contributed by atoms with Crippen LogP contribution in [0.5, 0.6) is 11.5 Å². The summed E-state index contributed by atoms with van der Waals surface area (Å²) in [5.74, 6) is 0.363. The Labute approximate surface area is 148 Å². The lowest BCUT2D eigenvalue weighted by molar-refractivity contribution is 0.0697. The van der Waals surface area contributed by atoms with E-state index in [2.05, 4.69) is 10.3 Å². The minimum Gasteiger partial charge on any atom is -0.493 e. The molecular weight excluding hydrogens is 340 g/mol. The van der Waals surface area contributed by atoms with Gasteiger partial charge in [-0.3, -0.25) is 0 Å². The van der Waals surface area contributed by atoms with E-state index < -0.39 is 5.97 Å². The zero-order valence-electron chi connectivity index (χ0n) is 13.6. The van der Waals surface area contributed by atoms with Gasteiger partial charge in [-0.2, -0.15) is 0 Å². The third kappa shape index (κ3) is 3.72. The number of nitrogens with one attached hydrogen (secondary N) is 1. The number of nitrogens with zero attached hydrogens (tertiary/aromatic N) is 1. The van der Waals surface area contributed by atoms with E-state index in [0.29, 0.717) is 16.6 Å². The number of methoxy groups -OCH3 is 2. The molecule has 128 valence electrons. The Morgan fingerprint density at radius 3 is 2.44 bits per heavy atom. The van der Waals surface area contributed by atoms with Gasteiger partial charge in [0, 0.05) is 16.6 Å². The smallest absolute Gasteiger partial charge is 0.335 e. The SMILES string of the molecule is COc1ccc(-c2csc(Nc3ccc(C(=O)O)cc3)n2)cc1OC. The number of carboxylic acid groups (broad SMARTS) is 1. The molecule has 0 spiro atoms. The molecule has 25 heavy (non-hydrogen) atoms. The Hall–Kier alpha value is -3.06. The first kappa shape index (κ1) is 16.8. The lowest BCUT2D eigenvalue weighted by Gasteiger charge is -2.08. The van der Waals surface area contributed by atoms with Gasteiger partial charge in [-0.05, 0) is 42.5 Å². The highest BCUT2D eigenvalue weighted by atomic mass is 32.1. The predicted octanol–water partition coefficient (Wildman–Crippen LogP) is 4.27. The van der Waals surface area contributed by atoms with E-state index in [-0.39, 0.29) is 5.56 Å². The molecule has 0 fully saturated rings. The highest BCUT2D eigenvalue weighted by Gasteiger charge is 2.10. The highest BCUT2D eigenvalue weighted by molar-refractivity contribution is 7.14. The molecule has 0 aliphatic carbocycles. The maximum absolute atomic E-state index is 10.9. The van der Waals surface area contributed by atoms with Crippen LogP contribution in [-0.4, -0.2) is 30.3 Å². The average Bonchev–Trinajstić information content (AvgIpc) is 3.10. The zero-order valence-corrected chi connectivity index (χ0v) is 14.5. The van der Waals surface area contributed by atoms with E-state index in [1.54, 1.807) is 38.5 Å². The fourth-order valence-electron chi connectivity index (χ4n) is 2.28. The van der Waals surface area contributed by atoms with Crippen LogP contribution in [0.2, 0.25) is 0 Å². The minimum absolute atomic E-state index is 0.246. The van der Waals surface area contributed by atoms with Gasteiger partial charge >= 0.3 is 5.97 Å². The summed E-state index contributed by atoms with van der Waals surface area (Å²) in [5, 5.41) is 14.8. The van der Waals surface area contributed by atoms with Crippen LogP contribution in [0.25, 0.3) is 11.3 Å². The number of ether oxygens (including phenoxy) is 2. The van der Waals surface area contributed by atoms with E-state index in [0.717, 1.165) is 16.9 Å². The van der Waals surface area contributed by atoms with Crippen LogP contribution in [-0.2, 0) is 0 Å². The fraction of sp³-hybridized carbons (Fsp3) is 0.111. The van der Waals surface area contributed by atoms with Crippen molar-refractivity contribution in [2.75, 3.05) is 19.5 Å². The maximum atomic E-state index is 10.9. The molecule has 3 aromatic rings. The third-order valence-corrected chi connectivity index (χ3v) is 4.32. The molecule has 2 N–H and O–H groups in total. The van der Waals surface area contributed by atoms with Crippen LogP contribution in [0.1, 0.15) is 10.4 Å². The molecule has 2 aromatic carbocycles. The highest BCUT2D eigenvalue weighted by Crippen LogP contribution is 2.34. The van der Waals surface area contributed by atoms with Crippen molar-refractivity contribution in [2.24, 2.45) is 0 Å². The van der Waals surface area contributed by atoms with Crippen molar-refractivity contribution in [3.8, 4) is 22.8 Å². The van der Waals surface area contributed by atoms with Gasteiger partial charge in [0.2, 0.25) is 0 Å². The van der Waals surface area contributed by atoms with Crippen LogP contribution >= 0.6 is 11.3 Å². The van der Waals surface area contributed by atoms with E-state index in [4.69, 9.17) is 14.6 Å². The number of aromatic nitrogens is 1. The van der Waals surface area contributed by atoms with Crippen LogP contribution in [0.15, 0.2) is 47.8 Å². The summed E-state index contributed by atoms with van der Waals surface area (Å²) in [7, 11) is 3.19. The molecule has 7 heteroatoms. The normalized spacial score (nSPS) is 10.3. The molecule has 0 amide bonds. The molecule has 0 atom stereocenters. The van der Waals surface area contributed by atoms with Crippen molar-refractivity contribution in [3.63, 3.8) is 0 Å². The number of hydrogen-bond donors (Lipinski definition) is 2. The standard InChI is InChI=1S/C18H16N2O4S/c1-23-15-8-5-12(9-16(15)24-2)14-10-25-18(20-14)19-13-6-3-11(4-7-13)17(21)22/h3-10H,1-2H3,(H,19,20)(H,21,22). The number of benzene rings is 2. The first-order valence-electron chi connectivity index (χ1n) is 7.39. The van der Waals surface area contributed by atoms with E-state index >= 15 is 0 Å².